The van der Waals surface area contributed by atoms with Gasteiger partial charge < -0.3 is 16.0 Å². The second kappa shape index (κ2) is 9.98. The molecule has 0 unspecified atom stereocenters. The van der Waals surface area contributed by atoms with Crippen LogP contribution in [0.4, 0.5) is 5.69 Å². The van der Waals surface area contributed by atoms with Crippen LogP contribution in [-0.2, 0) is 16.1 Å². The van der Waals surface area contributed by atoms with Gasteiger partial charge in [-0.3, -0.25) is 14.4 Å². The molecule has 0 saturated carbocycles. The van der Waals surface area contributed by atoms with Crippen LogP contribution in [0.15, 0.2) is 54.6 Å². The van der Waals surface area contributed by atoms with Gasteiger partial charge in [0.1, 0.15) is 0 Å². The van der Waals surface area contributed by atoms with E-state index in [1.54, 1.807) is 30.3 Å². The number of hydrogen-bond donors (Lipinski definition) is 3. The molecule has 3 amide bonds. The highest BCUT2D eigenvalue weighted by Gasteiger charge is 2.07. The number of rotatable bonds is 8. The Kier molecular flexibility index (Phi) is 7.36. The Morgan fingerprint density at radius 3 is 2.38 bits per heavy atom. The van der Waals surface area contributed by atoms with E-state index >= 15 is 0 Å². The Morgan fingerprint density at radius 2 is 1.65 bits per heavy atom. The molecule has 2 rings (SSSR count). The van der Waals surface area contributed by atoms with E-state index in [9.17, 15) is 14.4 Å². The van der Waals surface area contributed by atoms with Crippen molar-refractivity contribution >= 4 is 23.4 Å². The normalized spacial score (nSPS) is 10.0. The third-order valence-electron chi connectivity index (χ3n) is 3.62. The van der Waals surface area contributed by atoms with E-state index in [2.05, 4.69) is 16.0 Å². The van der Waals surface area contributed by atoms with Crippen LogP contribution in [0.1, 0.15) is 35.7 Å². The van der Waals surface area contributed by atoms with Crippen LogP contribution < -0.4 is 16.0 Å². The minimum atomic E-state index is -0.290. The lowest BCUT2D eigenvalue weighted by atomic mass is 10.2. The Bertz CT molecular complexity index is 760. The molecule has 0 aliphatic rings. The molecule has 0 spiro atoms. The summed E-state index contributed by atoms with van der Waals surface area (Å²) in [5.74, 6) is -0.603. The van der Waals surface area contributed by atoms with Crippen molar-refractivity contribution in [1.82, 2.24) is 10.6 Å². The minimum Gasteiger partial charge on any atom is -0.350 e. The summed E-state index contributed by atoms with van der Waals surface area (Å²) in [5.41, 5.74) is 2.07. The number of amides is 3. The van der Waals surface area contributed by atoms with Crippen molar-refractivity contribution < 1.29 is 14.4 Å². The molecule has 6 nitrogen and oxygen atoms in total. The van der Waals surface area contributed by atoms with Crippen molar-refractivity contribution in [3.8, 4) is 0 Å². The zero-order chi connectivity index (χ0) is 18.8. The summed E-state index contributed by atoms with van der Waals surface area (Å²) in [6.07, 6.45) is 1.26. The van der Waals surface area contributed by atoms with E-state index in [0.29, 0.717) is 24.2 Å². The first-order valence-electron chi connectivity index (χ1n) is 8.57. The number of carbonyl (C=O) groups excluding carboxylic acids is 3. The molecule has 0 saturated heterocycles. The van der Waals surface area contributed by atoms with Crippen molar-refractivity contribution in [1.29, 1.82) is 0 Å². The maximum atomic E-state index is 11.9. The predicted molar refractivity (Wildman–Crippen MR) is 101 cm³/mol. The van der Waals surface area contributed by atoms with Crippen LogP contribution in [0.5, 0.6) is 0 Å². The molecular weight excluding hydrogens is 330 g/mol. The summed E-state index contributed by atoms with van der Waals surface area (Å²) >= 11 is 0. The predicted octanol–water partition coefficient (Wildman–Crippen LogP) is 2.47. The molecule has 3 N–H and O–H groups in total. The fourth-order valence-electron chi connectivity index (χ4n) is 2.32. The lowest BCUT2D eigenvalue weighted by Crippen LogP contribution is -2.36. The Hall–Kier alpha value is -3.15. The summed E-state index contributed by atoms with van der Waals surface area (Å²) < 4.78 is 0. The van der Waals surface area contributed by atoms with Gasteiger partial charge in [0, 0.05) is 24.2 Å². The van der Waals surface area contributed by atoms with Gasteiger partial charge in [0.2, 0.25) is 11.8 Å². The van der Waals surface area contributed by atoms with E-state index < -0.39 is 0 Å². The number of nitrogens with one attached hydrogen (secondary N) is 3. The van der Waals surface area contributed by atoms with Crippen molar-refractivity contribution in [3.05, 3.63) is 65.7 Å². The fraction of sp³-hybridized carbons (Fsp3) is 0.250. The molecule has 0 aliphatic carbocycles. The zero-order valence-corrected chi connectivity index (χ0v) is 14.7. The standard InChI is InChI=1S/C20H23N3O3/c1-2-7-18(24)23-17-11-6-8-15(12-17)13-21-19(25)14-22-20(26)16-9-4-3-5-10-16/h3-6,8-12H,2,7,13-14H2,1H3,(H,21,25)(H,22,26)(H,23,24). The topological polar surface area (TPSA) is 87.3 Å². The average molecular weight is 353 g/mol. The average Bonchev–Trinajstić information content (AvgIpc) is 2.65. The number of anilines is 1. The molecule has 0 atom stereocenters. The minimum absolute atomic E-state index is 0.0303. The van der Waals surface area contributed by atoms with E-state index in [1.807, 2.05) is 31.2 Å². The first-order chi connectivity index (χ1) is 12.6. The van der Waals surface area contributed by atoms with E-state index in [1.165, 1.54) is 0 Å². The van der Waals surface area contributed by atoms with Gasteiger partial charge in [-0.25, -0.2) is 0 Å². The highest BCUT2D eigenvalue weighted by molar-refractivity contribution is 5.96. The highest BCUT2D eigenvalue weighted by atomic mass is 16.2. The molecule has 136 valence electrons. The number of hydrogen-bond acceptors (Lipinski definition) is 3. The largest absolute Gasteiger partial charge is 0.350 e. The fourth-order valence-corrected chi connectivity index (χ4v) is 2.32. The summed E-state index contributed by atoms with van der Waals surface area (Å²) in [5, 5.41) is 8.14. The zero-order valence-electron chi connectivity index (χ0n) is 14.7. The summed E-state index contributed by atoms with van der Waals surface area (Å²) in [6.45, 7) is 2.17. The van der Waals surface area contributed by atoms with Crippen molar-refractivity contribution in [2.24, 2.45) is 0 Å². The van der Waals surface area contributed by atoms with Crippen LogP contribution in [0.2, 0.25) is 0 Å². The monoisotopic (exact) mass is 353 g/mol. The summed E-state index contributed by atoms with van der Waals surface area (Å²) in [7, 11) is 0. The van der Waals surface area contributed by atoms with Gasteiger partial charge in [-0.2, -0.15) is 0 Å². The molecule has 26 heavy (non-hydrogen) atoms. The number of benzene rings is 2. The van der Waals surface area contributed by atoms with Crippen LogP contribution in [0.3, 0.4) is 0 Å². The summed E-state index contributed by atoms with van der Waals surface area (Å²) in [4.78, 5) is 35.4. The highest BCUT2D eigenvalue weighted by Crippen LogP contribution is 2.11. The van der Waals surface area contributed by atoms with Gasteiger partial charge in [-0.05, 0) is 36.2 Å². The van der Waals surface area contributed by atoms with Gasteiger partial charge in [0.25, 0.3) is 5.91 Å². The van der Waals surface area contributed by atoms with Crippen LogP contribution >= 0.6 is 0 Å². The molecule has 2 aromatic carbocycles. The molecular formula is C20H23N3O3. The van der Waals surface area contributed by atoms with Crippen LogP contribution in [0.25, 0.3) is 0 Å². The van der Waals surface area contributed by atoms with E-state index in [4.69, 9.17) is 0 Å². The third-order valence-corrected chi connectivity index (χ3v) is 3.62. The maximum Gasteiger partial charge on any atom is 0.251 e. The Labute approximate surface area is 153 Å². The van der Waals surface area contributed by atoms with Gasteiger partial charge in [0.15, 0.2) is 0 Å². The SMILES string of the molecule is CCCC(=O)Nc1cccc(CNC(=O)CNC(=O)c2ccccc2)c1. The molecule has 0 heterocycles. The molecule has 0 radical (unpaired) electrons. The van der Waals surface area contributed by atoms with Gasteiger partial charge in [-0.15, -0.1) is 0 Å². The third kappa shape index (κ3) is 6.39. The molecule has 2 aromatic rings. The summed E-state index contributed by atoms with van der Waals surface area (Å²) in [6, 6.07) is 16.0. The molecule has 0 aliphatic heterocycles. The Balaban J connectivity index is 1.78. The molecule has 0 fully saturated rings. The maximum absolute atomic E-state index is 11.9. The molecule has 0 aromatic heterocycles. The van der Waals surface area contributed by atoms with Gasteiger partial charge in [-0.1, -0.05) is 37.3 Å². The van der Waals surface area contributed by atoms with Gasteiger partial charge >= 0.3 is 0 Å². The van der Waals surface area contributed by atoms with Crippen molar-refractivity contribution in [2.45, 2.75) is 26.3 Å². The first-order valence-corrected chi connectivity index (χ1v) is 8.57. The lowest BCUT2D eigenvalue weighted by molar-refractivity contribution is -0.120. The first kappa shape index (κ1) is 19.2. The molecule has 0 bridgehead atoms. The Morgan fingerprint density at radius 1 is 0.885 bits per heavy atom. The van der Waals surface area contributed by atoms with Crippen LogP contribution in [0, 0.1) is 0 Å². The van der Waals surface area contributed by atoms with Crippen LogP contribution in [-0.4, -0.2) is 24.3 Å². The van der Waals surface area contributed by atoms with Crippen molar-refractivity contribution in [2.75, 3.05) is 11.9 Å². The smallest absolute Gasteiger partial charge is 0.251 e. The lowest BCUT2D eigenvalue weighted by Gasteiger charge is -2.09. The number of carbonyl (C=O) groups is 3. The molecule has 6 heteroatoms. The second-order valence-electron chi connectivity index (χ2n) is 5.82. The quantitative estimate of drug-likeness (QED) is 0.681. The van der Waals surface area contributed by atoms with E-state index in [0.717, 1.165) is 12.0 Å². The second-order valence-corrected chi connectivity index (χ2v) is 5.82. The van der Waals surface area contributed by atoms with E-state index in [-0.39, 0.29) is 24.3 Å². The van der Waals surface area contributed by atoms with Crippen molar-refractivity contribution in [3.63, 3.8) is 0 Å². The van der Waals surface area contributed by atoms with Gasteiger partial charge in [0.05, 0.1) is 6.54 Å².